The molecule has 0 aliphatic carbocycles. The molecule has 2 rings (SSSR count). The molecule has 0 atom stereocenters. The monoisotopic (exact) mass is 412 g/mol. The second-order valence-electron chi connectivity index (χ2n) is 6.28. The van der Waals surface area contributed by atoms with Crippen LogP contribution in [0.4, 0.5) is 5.69 Å². The fourth-order valence-electron chi connectivity index (χ4n) is 2.37. The number of nitrogens with one attached hydrogen (secondary N) is 1. The van der Waals surface area contributed by atoms with Crippen molar-refractivity contribution in [2.75, 3.05) is 11.9 Å². The Bertz CT molecular complexity index is 960. The van der Waals surface area contributed by atoms with E-state index in [9.17, 15) is 14.9 Å². The smallest absolute Gasteiger partial charge is 0.338 e. The second-order valence-corrected chi connectivity index (χ2v) is 6.69. The van der Waals surface area contributed by atoms with Crippen LogP contribution in [0.1, 0.15) is 36.7 Å². The van der Waals surface area contributed by atoms with Crippen molar-refractivity contribution in [3.63, 3.8) is 0 Å². The van der Waals surface area contributed by atoms with Gasteiger partial charge >= 0.3 is 5.97 Å². The predicted octanol–water partition coefficient (Wildman–Crippen LogP) is 4.85. The number of rotatable bonds is 7. The molecule has 0 saturated carbocycles. The van der Waals surface area contributed by atoms with Gasteiger partial charge < -0.3 is 14.8 Å². The molecule has 0 fully saturated rings. The van der Waals surface area contributed by atoms with E-state index in [0.29, 0.717) is 27.6 Å². The lowest BCUT2D eigenvalue weighted by molar-refractivity contribution is -0.112. The molecule has 0 heterocycles. The number of amides is 1. The highest BCUT2D eigenvalue weighted by molar-refractivity contribution is 6.32. The fraction of sp³-hybridized carbons (Fsp3) is 0.227. The number of hydrogen-bond donors (Lipinski definition) is 1. The normalized spacial score (nSPS) is 11.0. The van der Waals surface area contributed by atoms with E-state index in [1.807, 2.05) is 19.9 Å². The van der Waals surface area contributed by atoms with Crippen molar-refractivity contribution in [1.29, 1.82) is 5.26 Å². The van der Waals surface area contributed by atoms with E-state index in [0.717, 1.165) is 0 Å². The highest BCUT2D eigenvalue weighted by atomic mass is 35.5. The summed E-state index contributed by atoms with van der Waals surface area (Å²) in [5.41, 5.74) is 1.32. The van der Waals surface area contributed by atoms with Gasteiger partial charge in [-0.15, -0.1) is 0 Å². The molecule has 2 aromatic rings. The van der Waals surface area contributed by atoms with E-state index in [1.165, 1.54) is 18.2 Å². The van der Waals surface area contributed by atoms with Crippen LogP contribution in [0.5, 0.6) is 5.75 Å². The van der Waals surface area contributed by atoms with Gasteiger partial charge in [-0.05, 0) is 68.8 Å². The van der Waals surface area contributed by atoms with Crippen molar-refractivity contribution in [1.82, 2.24) is 0 Å². The third kappa shape index (κ3) is 6.37. The second kappa shape index (κ2) is 10.3. The zero-order chi connectivity index (χ0) is 21.4. The topological polar surface area (TPSA) is 88.4 Å². The van der Waals surface area contributed by atoms with Crippen LogP contribution < -0.4 is 10.1 Å². The van der Waals surface area contributed by atoms with Crippen LogP contribution in [0.2, 0.25) is 5.02 Å². The lowest BCUT2D eigenvalue weighted by Gasteiger charge is -2.11. The zero-order valence-corrected chi connectivity index (χ0v) is 17.1. The molecular weight excluding hydrogens is 392 g/mol. The number of anilines is 1. The molecule has 1 N–H and O–H groups in total. The Balaban J connectivity index is 2.13. The number of halogens is 1. The number of esters is 1. The third-order valence-electron chi connectivity index (χ3n) is 3.65. The first-order valence-corrected chi connectivity index (χ1v) is 9.38. The summed E-state index contributed by atoms with van der Waals surface area (Å²) < 4.78 is 10.5. The van der Waals surface area contributed by atoms with Crippen molar-refractivity contribution >= 4 is 35.2 Å². The molecule has 0 aromatic heterocycles. The molecule has 0 radical (unpaired) electrons. The highest BCUT2D eigenvalue weighted by Crippen LogP contribution is 2.27. The average molecular weight is 413 g/mol. The third-order valence-corrected chi connectivity index (χ3v) is 3.94. The Kier molecular flexibility index (Phi) is 7.81. The van der Waals surface area contributed by atoms with Crippen LogP contribution >= 0.6 is 11.6 Å². The van der Waals surface area contributed by atoms with Gasteiger partial charge in [-0.2, -0.15) is 5.26 Å². The number of carbonyl (C=O) groups is 2. The van der Waals surface area contributed by atoms with Crippen molar-refractivity contribution in [3.8, 4) is 11.8 Å². The molecule has 0 aliphatic heterocycles. The molecule has 2 aromatic carbocycles. The average Bonchev–Trinajstić information content (AvgIpc) is 2.68. The van der Waals surface area contributed by atoms with Gasteiger partial charge in [0.25, 0.3) is 5.91 Å². The Morgan fingerprint density at radius 2 is 1.90 bits per heavy atom. The summed E-state index contributed by atoms with van der Waals surface area (Å²) in [6, 6.07) is 13.1. The number of nitriles is 1. The maximum Gasteiger partial charge on any atom is 0.338 e. The van der Waals surface area contributed by atoms with E-state index in [1.54, 1.807) is 37.3 Å². The van der Waals surface area contributed by atoms with E-state index in [2.05, 4.69) is 5.32 Å². The van der Waals surface area contributed by atoms with Gasteiger partial charge in [-0.25, -0.2) is 4.79 Å². The molecule has 0 aliphatic rings. The Morgan fingerprint density at radius 1 is 1.21 bits per heavy atom. The van der Waals surface area contributed by atoms with Gasteiger partial charge in [0, 0.05) is 5.69 Å². The molecular formula is C22H21ClN2O4. The summed E-state index contributed by atoms with van der Waals surface area (Å²) in [5.74, 6) is -0.483. The molecule has 0 bridgehead atoms. The van der Waals surface area contributed by atoms with Crippen LogP contribution in [0.15, 0.2) is 48.0 Å². The van der Waals surface area contributed by atoms with E-state index in [-0.39, 0.29) is 18.3 Å². The molecule has 29 heavy (non-hydrogen) atoms. The minimum atomic E-state index is -0.574. The number of ether oxygens (including phenoxy) is 2. The van der Waals surface area contributed by atoms with Crippen LogP contribution in [-0.4, -0.2) is 24.6 Å². The van der Waals surface area contributed by atoms with Crippen LogP contribution in [-0.2, 0) is 9.53 Å². The SMILES string of the molecule is CCOC(=O)c1ccc(NC(=O)/C(C#N)=C/c2ccc(OC(C)C)c(Cl)c2)cc1. The number of benzene rings is 2. The van der Waals surface area contributed by atoms with Crippen LogP contribution in [0.3, 0.4) is 0 Å². The van der Waals surface area contributed by atoms with Gasteiger partial charge in [0.05, 0.1) is 23.3 Å². The standard InChI is InChI=1S/C22H21ClN2O4/c1-4-28-22(27)16-6-8-18(9-7-16)25-21(26)17(13-24)11-15-5-10-20(19(23)12-15)29-14(2)3/h5-12,14H,4H2,1-3H3,(H,25,26)/b17-11+. The summed E-state index contributed by atoms with van der Waals surface area (Å²) in [6.45, 7) is 5.78. The maximum atomic E-state index is 12.4. The van der Waals surface area contributed by atoms with E-state index in [4.69, 9.17) is 21.1 Å². The Labute approximate surface area is 174 Å². The first kappa shape index (κ1) is 22.0. The van der Waals surface area contributed by atoms with Crippen molar-refractivity contribution in [2.24, 2.45) is 0 Å². The molecule has 7 heteroatoms. The van der Waals surface area contributed by atoms with Crippen molar-refractivity contribution in [2.45, 2.75) is 26.9 Å². The van der Waals surface area contributed by atoms with Crippen LogP contribution in [0, 0.1) is 11.3 Å². The summed E-state index contributed by atoms with van der Waals surface area (Å²) in [5, 5.41) is 12.4. The predicted molar refractivity (Wildman–Crippen MR) is 112 cm³/mol. The fourth-order valence-corrected chi connectivity index (χ4v) is 2.61. The maximum absolute atomic E-state index is 12.4. The minimum absolute atomic E-state index is 0.0236. The number of carbonyl (C=O) groups excluding carboxylic acids is 2. The number of nitrogens with zero attached hydrogens (tertiary/aromatic N) is 1. The number of hydrogen-bond acceptors (Lipinski definition) is 5. The lowest BCUT2D eigenvalue weighted by Crippen LogP contribution is -2.13. The molecule has 1 amide bonds. The summed E-state index contributed by atoms with van der Waals surface area (Å²) in [4.78, 5) is 24.1. The van der Waals surface area contributed by atoms with Gasteiger partial charge in [-0.3, -0.25) is 4.79 Å². The van der Waals surface area contributed by atoms with Gasteiger partial charge in [0.2, 0.25) is 0 Å². The largest absolute Gasteiger partial charge is 0.489 e. The lowest BCUT2D eigenvalue weighted by atomic mass is 10.1. The van der Waals surface area contributed by atoms with Gasteiger partial charge in [0.15, 0.2) is 0 Å². The molecule has 0 unspecified atom stereocenters. The summed E-state index contributed by atoms with van der Waals surface area (Å²) in [7, 11) is 0. The Hall–Kier alpha value is -3.30. The summed E-state index contributed by atoms with van der Waals surface area (Å²) in [6.07, 6.45) is 1.41. The molecule has 0 saturated heterocycles. The van der Waals surface area contributed by atoms with Crippen LogP contribution in [0.25, 0.3) is 6.08 Å². The quantitative estimate of drug-likeness (QED) is 0.399. The van der Waals surface area contributed by atoms with E-state index < -0.39 is 11.9 Å². The molecule has 150 valence electrons. The van der Waals surface area contributed by atoms with Crippen molar-refractivity contribution in [3.05, 3.63) is 64.2 Å². The highest BCUT2D eigenvalue weighted by Gasteiger charge is 2.12. The first-order chi connectivity index (χ1) is 13.8. The Morgan fingerprint density at radius 3 is 2.45 bits per heavy atom. The molecule has 6 nitrogen and oxygen atoms in total. The zero-order valence-electron chi connectivity index (χ0n) is 16.4. The van der Waals surface area contributed by atoms with Gasteiger partial charge in [-0.1, -0.05) is 17.7 Å². The van der Waals surface area contributed by atoms with Crippen molar-refractivity contribution < 1.29 is 19.1 Å². The minimum Gasteiger partial charge on any atom is -0.489 e. The molecule has 0 spiro atoms. The first-order valence-electron chi connectivity index (χ1n) is 9.00. The summed E-state index contributed by atoms with van der Waals surface area (Å²) >= 11 is 6.20. The van der Waals surface area contributed by atoms with E-state index >= 15 is 0 Å². The van der Waals surface area contributed by atoms with Gasteiger partial charge in [0.1, 0.15) is 17.4 Å².